The highest BCUT2D eigenvalue weighted by molar-refractivity contribution is 6.35. The number of likely N-dealkylation sites (tertiary alicyclic amines) is 1. The number of hydrogen-bond acceptors (Lipinski definition) is 4. The third kappa shape index (κ3) is 6.41. The normalized spacial score (nSPS) is 13.8. The lowest BCUT2D eigenvalue weighted by Crippen LogP contribution is -2.42. The van der Waals surface area contributed by atoms with Crippen LogP contribution in [0, 0.1) is 0 Å². The summed E-state index contributed by atoms with van der Waals surface area (Å²) < 4.78 is 6.15. The van der Waals surface area contributed by atoms with Crippen molar-refractivity contribution in [2.45, 2.75) is 18.9 Å². The van der Waals surface area contributed by atoms with Gasteiger partial charge in [-0.3, -0.25) is 14.4 Å². The van der Waals surface area contributed by atoms with E-state index >= 15 is 0 Å². The molecule has 0 spiro atoms. The number of amides is 2. The number of carbonyl (C=O) groups excluding carboxylic acids is 3. The monoisotopic (exact) mass is 510 g/mol. The molecule has 1 aliphatic rings. The molecule has 0 atom stereocenters. The Morgan fingerprint density at radius 1 is 0.857 bits per heavy atom. The Kier molecular flexibility index (Phi) is 8.06. The maximum atomic E-state index is 12.8. The molecule has 1 aliphatic heterocycles. The van der Waals surface area contributed by atoms with E-state index in [4.69, 9.17) is 27.9 Å². The summed E-state index contributed by atoms with van der Waals surface area (Å²) in [5.41, 5.74) is 1.35. The molecule has 180 valence electrons. The maximum Gasteiger partial charge on any atom is 0.255 e. The maximum absolute atomic E-state index is 12.8. The number of benzene rings is 3. The van der Waals surface area contributed by atoms with Crippen LogP contribution in [0.5, 0.6) is 5.75 Å². The highest BCUT2D eigenvalue weighted by Gasteiger charge is 2.26. The summed E-state index contributed by atoms with van der Waals surface area (Å²) >= 11 is 12.1. The van der Waals surface area contributed by atoms with Gasteiger partial charge in [0.25, 0.3) is 11.8 Å². The van der Waals surface area contributed by atoms with Gasteiger partial charge in [-0.2, -0.15) is 0 Å². The first-order valence-electron chi connectivity index (χ1n) is 11.3. The van der Waals surface area contributed by atoms with Gasteiger partial charge in [-0.15, -0.1) is 0 Å². The lowest BCUT2D eigenvalue weighted by molar-refractivity contribution is 0.0593. The van der Waals surface area contributed by atoms with Crippen molar-refractivity contribution in [1.82, 2.24) is 10.2 Å². The van der Waals surface area contributed by atoms with Crippen molar-refractivity contribution in [3.8, 4) is 5.75 Å². The molecule has 0 unspecified atom stereocenters. The first kappa shape index (κ1) is 24.8. The quantitative estimate of drug-likeness (QED) is 0.438. The van der Waals surface area contributed by atoms with E-state index < -0.39 is 0 Å². The SMILES string of the molecule is O=C(CNC(=O)c1ccccc1OC1CCN(C(=O)c2cc(Cl)cc(Cl)c2)CC1)c1ccccc1. The fourth-order valence-electron chi connectivity index (χ4n) is 3.96. The molecule has 8 heteroatoms. The molecule has 0 radical (unpaired) electrons. The average Bonchev–Trinajstić information content (AvgIpc) is 2.87. The van der Waals surface area contributed by atoms with Crippen LogP contribution < -0.4 is 10.1 Å². The average molecular weight is 511 g/mol. The van der Waals surface area contributed by atoms with E-state index in [9.17, 15) is 14.4 Å². The van der Waals surface area contributed by atoms with Crippen LogP contribution in [0.1, 0.15) is 43.9 Å². The molecule has 35 heavy (non-hydrogen) atoms. The lowest BCUT2D eigenvalue weighted by atomic mass is 10.1. The first-order valence-corrected chi connectivity index (χ1v) is 12.0. The number of Topliss-reactive ketones (excluding diaryl/α,β-unsaturated/α-hetero) is 1. The number of ether oxygens (including phenoxy) is 1. The fourth-order valence-corrected chi connectivity index (χ4v) is 4.48. The van der Waals surface area contributed by atoms with Crippen molar-refractivity contribution in [2.75, 3.05) is 19.6 Å². The van der Waals surface area contributed by atoms with Gasteiger partial charge in [0, 0.05) is 47.1 Å². The molecule has 2 amide bonds. The van der Waals surface area contributed by atoms with E-state index in [1.807, 2.05) is 6.07 Å². The Bertz CT molecular complexity index is 1200. The smallest absolute Gasteiger partial charge is 0.255 e. The van der Waals surface area contributed by atoms with Crippen LogP contribution in [0.2, 0.25) is 10.0 Å². The first-order chi connectivity index (χ1) is 16.9. The summed E-state index contributed by atoms with van der Waals surface area (Å²) in [6, 6.07) is 20.6. The molecule has 1 N–H and O–H groups in total. The molecule has 0 aliphatic carbocycles. The zero-order chi connectivity index (χ0) is 24.8. The molecule has 0 saturated carbocycles. The number of hydrogen-bond donors (Lipinski definition) is 1. The van der Waals surface area contributed by atoms with Crippen molar-refractivity contribution in [2.24, 2.45) is 0 Å². The number of piperidine rings is 1. The summed E-state index contributed by atoms with van der Waals surface area (Å²) in [5.74, 6) is -0.231. The number of halogens is 2. The molecule has 1 fully saturated rings. The van der Waals surface area contributed by atoms with Gasteiger partial charge in [-0.05, 0) is 30.3 Å². The van der Waals surface area contributed by atoms with Crippen molar-refractivity contribution in [3.63, 3.8) is 0 Å². The van der Waals surface area contributed by atoms with E-state index in [0.29, 0.717) is 58.4 Å². The van der Waals surface area contributed by atoms with Crippen molar-refractivity contribution in [3.05, 3.63) is 99.5 Å². The van der Waals surface area contributed by atoms with Crippen molar-refractivity contribution in [1.29, 1.82) is 0 Å². The Hall–Kier alpha value is -3.35. The van der Waals surface area contributed by atoms with Gasteiger partial charge in [0.2, 0.25) is 0 Å². The summed E-state index contributed by atoms with van der Waals surface area (Å²) in [5, 5.41) is 3.51. The number of para-hydroxylation sites is 1. The Morgan fingerprint density at radius 3 is 2.17 bits per heavy atom. The Morgan fingerprint density at radius 2 is 1.49 bits per heavy atom. The van der Waals surface area contributed by atoms with Gasteiger partial charge in [0.15, 0.2) is 5.78 Å². The number of nitrogens with one attached hydrogen (secondary N) is 1. The summed E-state index contributed by atoms with van der Waals surface area (Å²) in [7, 11) is 0. The van der Waals surface area contributed by atoms with Gasteiger partial charge >= 0.3 is 0 Å². The summed E-state index contributed by atoms with van der Waals surface area (Å²) in [4.78, 5) is 39.7. The zero-order valence-electron chi connectivity index (χ0n) is 18.9. The molecule has 6 nitrogen and oxygen atoms in total. The molecular formula is C27H24Cl2N2O4. The molecule has 0 aromatic heterocycles. The van der Waals surface area contributed by atoms with Crippen LogP contribution in [0.4, 0.5) is 0 Å². The van der Waals surface area contributed by atoms with Gasteiger partial charge < -0.3 is 15.0 Å². The standard InChI is InChI=1S/C27H24Cl2N2O4/c28-20-14-19(15-21(29)16-20)27(34)31-12-10-22(11-13-31)35-25-9-5-4-8-23(25)26(33)30-17-24(32)18-6-2-1-3-7-18/h1-9,14-16,22H,10-13,17H2,(H,30,33). The minimum absolute atomic E-state index is 0.106. The molecular weight excluding hydrogens is 487 g/mol. The van der Waals surface area contributed by atoms with E-state index in [0.717, 1.165) is 0 Å². The highest BCUT2D eigenvalue weighted by atomic mass is 35.5. The summed E-state index contributed by atoms with van der Waals surface area (Å²) in [6.45, 7) is 0.909. The Labute approximate surface area is 213 Å². The lowest BCUT2D eigenvalue weighted by Gasteiger charge is -2.32. The van der Waals surface area contributed by atoms with Gasteiger partial charge in [0.1, 0.15) is 11.9 Å². The second-order valence-corrected chi connectivity index (χ2v) is 9.11. The predicted octanol–water partition coefficient (Wildman–Crippen LogP) is 5.29. The van der Waals surface area contributed by atoms with Crippen molar-refractivity contribution >= 4 is 40.8 Å². The van der Waals surface area contributed by atoms with Gasteiger partial charge in [-0.25, -0.2) is 0 Å². The topological polar surface area (TPSA) is 75.7 Å². The van der Waals surface area contributed by atoms with E-state index in [-0.39, 0.29) is 30.2 Å². The van der Waals surface area contributed by atoms with E-state index in [2.05, 4.69) is 5.32 Å². The minimum atomic E-state index is -0.379. The molecule has 4 rings (SSSR count). The fraction of sp³-hybridized carbons (Fsp3) is 0.222. The Balaban J connectivity index is 1.34. The van der Waals surface area contributed by atoms with E-state index in [1.165, 1.54) is 0 Å². The van der Waals surface area contributed by atoms with Crippen LogP contribution >= 0.6 is 23.2 Å². The summed E-state index contributed by atoms with van der Waals surface area (Å²) in [6.07, 6.45) is 1.08. The minimum Gasteiger partial charge on any atom is -0.489 e. The number of nitrogens with zero attached hydrogens (tertiary/aromatic N) is 1. The molecule has 1 heterocycles. The molecule has 1 saturated heterocycles. The molecule has 3 aromatic rings. The molecule has 3 aromatic carbocycles. The van der Waals surface area contributed by atoms with Gasteiger partial charge in [0.05, 0.1) is 12.1 Å². The largest absolute Gasteiger partial charge is 0.489 e. The second kappa shape index (κ2) is 11.4. The van der Waals surface area contributed by atoms with Crippen LogP contribution in [-0.2, 0) is 0 Å². The zero-order valence-corrected chi connectivity index (χ0v) is 20.4. The highest BCUT2D eigenvalue weighted by Crippen LogP contribution is 2.25. The van der Waals surface area contributed by atoms with Crippen molar-refractivity contribution < 1.29 is 19.1 Å². The third-order valence-electron chi connectivity index (χ3n) is 5.77. The third-order valence-corrected chi connectivity index (χ3v) is 6.21. The number of ketones is 1. The van der Waals surface area contributed by atoms with Gasteiger partial charge in [-0.1, -0.05) is 65.7 Å². The van der Waals surface area contributed by atoms with Crippen LogP contribution in [0.15, 0.2) is 72.8 Å². The number of carbonyl (C=O) groups is 3. The number of rotatable bonds is 7. The van der Waals surface area contributed by atoms with Crippen LogP contribution in [-0.4, -0.2) is 48.2 Å². The van der Waals surface area contributed by atoms with Crippen LogP contribution in [0.3, 0.4) is 0 Å². The van der Waals surface area contributed by atoms with E-state index in [1.54, 1.807) is 71.6 Å². The molecule has 0 bridgehead atoms. The van der Waals surface area contributed by atoms with Crippen LogP contribution in [0.25, 0.3) is 0 Å². The predicted molar refractivity (Wildman–Crippen MR) is 136 cm³/mol. The second-order valence-electron chi connectivity index (χ2n) is 8.24.